The maximum atomic E-state index is 12.2. The maximum Gasteiger partial charge on any atom is 0.337 e. The van der Waals surface area contributed by atoms with Crippen LogP contribution in [0.5, 0.6) is 5.75 Å². The van der Waals surface area contributed by atoms with Crippen molar-refractivity contribution in [2.45, 2.75) is 32.0 Å². The molecule has 2 atom stereocenters. The molecule has 1 aliphatic rings. The summed E-state index contributed by atoms with van der Waals surface area (Å²) in [4.78, 5) is 19.0. The van der Waals surface area contributed by atoms with Gasteiger partial charge in [0, 0.05) is 29.5 Å². The highest BCUT2D eigenvalue weighted by atomic mass is 32.1. The van der Waals surface area contributed by atoms with Crippen LogP contribution in [0.2, 0.25) is 0 Å². The first-order chi connectivity index (χ1) is 18.0. The summed E-state index contributed by atoms with van der Waals surface area (Å²) >= 11 is 5.87. The minimum atomic E-state index is -0.379. The van der Waals surface area contributed by atoms with Gasteiger partial charge in [-0.05, 0) is 92.8 Å². The van der Waals surface area contributed by atoms with Crippen molar-refractivity contribution in [1.29, 1.82) is 0 Å². The number of esters is 1. The predicted octanol–water partition coefficient (Wildman–Crippen LogP) is 5.62. The third-order valence-corrected chi connectivity index (χ3v) is 6.53. The molecule has 7 nitrogen and oxygen atoms in total. The molecule has 3 heterocycles. The van der Waals surface area contributed by atoms with E-state index in [1.54, 1.807) is 12.3 Å². The zero-order valence-electron chi connectivity index (χ0n) is 20.9. The number of nitrogens with zero attached hydrogens (tertiary/aromatic N) is 3. The lowest BCUT2D eigenvalue weighted by atomic mass is 10.0. The molecule has 2 unspecified atom stereocenters. The number of rotatable bonds is 7. The highest BCUT2D eigenvalue weighted by Crippen LogP contribution is 2.42. The summed E-state index contributed by atoms with van der Waals surface area (Å²) < 4.78 is 12.9. The molecule has 188 valence electrons. The Bertz CT molecular complexity index is 1400. The fourth-order valence-electron chi connectivity index (χ4n) is 4.66. The number of aromatic nitrogens is 2. The van der Waals surface area contributed by atoms with Crippen molar-refractivity contribution in [3.05, 3.63) is 108 Å². The number of hydrogen-bond acceptors (Lipinski definition) is 5. The van der Waals surface area contributed by atoms with Gasteiger partial charge in [0.05, 0.1) is 30.5 Å². The standard InChI is InChI=1S/C29H28N4O3S/c1-19(2)36-23-14-12-21(13-15-23)33-27(26(31-29(33)37)24-10-4-5-16-30-24)25-11-7-17-32(25)22-9-6-8-20(18-22)28(34)35-3/h4-19,26-27H,1-3H3,(H,31,37). The van der Waals surface area contributed by atoms with Crippen LogP contribution in [0.3, 0.4) is 0 Å². The van der Waals surface area contributed by atoms with E-state index in [0.29, 0.717) is 10.7 Å². The van der Waals surface area contributed by atoms with Gasteiger partial charge in [-0.3, -0.25) is 4.98 Å². The number of methoxy groups -OCH3 is 1. The lowest BCUT2D eigenvalue weighted by Crippen LogP contribution is -2.30. The summed E-state index contributed by atoms with van der Waals surface area (Å²) in [6, 6.07) is 24.9. The molecule has 2 aromatic heterocycles. The molecule has 0 aliphatic carbocycles. The number of nitrogens with one attached hydrogen (secondary N) is 1. The van der Waals surface area contributed by atoms with Crippen molar-refractivity contribution in [1.82, 2.24) is 14.9 Å². The van der Waals surface area contributed by atoms with Crippen molar-refractivity contribution in [3.8, 4) is 11.4 Å². The van der Waals surface area contributed by atoms with Gasteiger partial charge in [0.25, 0.3) is 0 Å². The Morgan fingerprint density at radius 2 is 1.81 bits per heavy atom. The van der Waals surface area contributed by atoms with E-state index < -0.39 is 0 Å². The largest absolute Gasteiger partial charge is 0.491 e. The number of benzene rings is 2. The molecule has 0 amide bonds. The van der Waals surface area contributed by atoms with E-state index in [0.717, 1.165) is 28.5 Å². The van der Waals surface area contributed by atoms with Crippen LogP contribution in [-0.2, 0) is 4.74 Å². The van der Waals surface area contributed by atoms with Crippen LogP contribution >= 0.6 is 12.2 Å². The van der Waals surface area contributed by atoms with Crippen LogP contribution in [0.15, 0.2) is 91.3 Å². The van der Waals surface area contributed by atoms with Crippen LogP contribution in [-0.4, -0.2) is 33.8 Å². The molecular formula is C29H28N4O3S. The van der Waals surface area contributed by atoms with Crippen molar-refractivity contribution in [2.24, 2.45) is 0 Å². The summed E-state index contributed by atoms with van der Waals surface area (Å²) in [5.41, 5.74) is 4.15. The third-order valence-electron chi connectivity index (χ3n) is 6.21. The first kappa shape index (κ1) is 24.5. The molecule has 0 radical (unpaired) electrons. The Balaban J connectivity index is 1.60. The van der Waals surface area contributed by atoms with Gasteiger partial charge >= 0.3 is 5.97 Å². The van der Waals surface area contributed by atoms with Gasteiger partial charge in [-0.1, -0.05) is 12.1 Å². The van der Waals surface area contributed by atoms with Crippen LogP contribution in [0, 0.1) is 0 Å². The molecule has 8 heteroatoms. The molecule has 1 saturated heterocycles. The van der Waals surface area contributed by atoms with Crippen molar-refractivity contribution in [2.75, 3.05) is 12.0 Å². The Kier molecular flexibility index (Phi) is 6.92. The fourth-order valence-corrected chi connectivity index (χ4v) is 5.01. The molecule has 0 bridgehead atoms. The van der Waals surface area contributed by atoms with E-state index in [1.165, 1.54) is 7.11 Å². The number of thiocarbonyl (C=S) groups is 1. The SMILES string of the molecule is COC(=O)c1cccc(-n2cccc2C2C(c3ccccn3)NC(=S)N2c2ccc(OC(C)C)cc2)c1. The molecule has 37 heavy (non-hydrogen) atoms. The quantitative estimate of drug-likeness (QED) is 0.254. The summed E-state index contributed by atoms with van der Waals surface area (Å²) in [5.74, 6) is 0.425. The first-order valence-corrected chi connectivity index (χ1v) is 12.5. The number of pyridine rings is 1. The second-order valence-electron chi connectivity index (χ2n) is 9.00. The maximum absolute atomic E-state index is 12.2. The molecule has 1 aliphatic heterocycles. The predicted molar refractivity (Wildman–Crippen MR) is 147 cm³/mol. The molecule has 5 rings (SSSR count). The van der Waals surface area contributed by atoms with Crippen molar-refractivity contribution < 1.29 is 14.3 Å². The summed E-state index contributed by atoms with van der Waals surface area (Å²) in [6.45, 7) is 4.01. The Morgan fingerprint density at radius 3 is 2.51 bits per heavy atom. The zero-order valence-corrected chi connectivity index (χ0v) is 21.7. The molecule has 1 N–H and O–H groups in total. The van der Waals surface area contributed by atoms with Gasteiger partial charge < -0.3 is 24.3 Å². The average molecular weight is 513 g/mol. The van der Waals surface area contributed by atoms with Gasteiger partial charge in [0.2, 0.25) is 0 Å². The van der Waals surface area contributed by atoms with Crippen LogP contribution in [0.4, 0.5) is 5.69 Å². The van der Waals surface area contributed by atoms with Crippen LogP contribution in [0.1, 0.15) is 47.7 Å². The number of anilines is 1. The second kappa shape index (κ2) is 10.4. The van der Waals surface area contributed by atoms with E-state index in [2.05, 4.69) is 25.8 Å². The molecule has 2 aromatic carbocycles. The van der Waals surface area contributed by atoms with Gasteiger partial charge in [-0.2, -0.15) is 0 Å². The highest BCUT2D eigenvalue weighted by Gasteiger charge is 2.42. The molecule has 0 saturated carbocycles. The Hall–Kier alpha value is -4.17. The minimum absolute atomic E-state index is 0.0886. The fraction of sp³-hybridized carbons (Fsp3) is 0.207. The number of ether oxygens (including phenoxy) is 2. The van der Waals surface area contributed by atoms with E-state index >= 15 is 0 Å². The minimum Gasteiger partial charge on any atom is -0.491 e. The molecule has 0 spiro atoms. The molecule has 4 aromatic rings. The van der Waals surface area contributed by atoms with E-state index in [-0.39, 0.29) is 24.2 Å². The number of carbonyl (C=O) groups is 1. The van der Waals surface area contributed by atoms with Crippen LogP contribution < -0.4 is 15.0 Å². The lowest BCUT2D eigenvalue weighted by Gasteiger charge is -2.29. The molecular weight excluding hydrogens is 484 g/mol. The number of hydrogen-bond donors (Lipinski definition) is 1. The normalized spacial score (nSPS) is 17.1. The number of carbonyl (C=O) groups excluding carboxylic acids is 1. The third kappa shape index (κ3) is 4.93. The Labute approximate surface area is 221 Å². The smallest absolute Gasteiger partial charge is 0.337 e. The molecule has 1 fully saturated rings. The van der Waals surface area contributed by atoms with Crippen molar-refractivity contribution >= 4 is 29.0 Å². The highest BCUT2D eigenvalue weighted by molar-refractivity contribution is 7.80. The Morgan fingerprint density at radius 1 is 1.00 bits per heavy atom. The van der Waals surface area contributed by atoms with E-state index in [4.69, 9.17) is 21.7 Å². The van der Waals surface area contributed by atoms with Gasteiger partial charge in [-0.25, -0.2) is 4.79 Å². The van der Waals surface area contributed by atoms with Gasteiger partial charge in [0.1, 0.15) is 11.8 Å². The van der Waals surface area contributed by atoms with Gasteiger partial charge in [-0.15, -0.1) is 0 Å². The lowest BCUT2D eigenvalue weighted by molar-refractivity contribution is 0.0600. The van der Waals surface area contributed by atoms with Gasteiger partial charge in [0.15, 0.2) is 5.11 Å². The van der Waals surface area contributed by atoms with Crippen molar-refractivity contribution in [3.63, 3.8) is 0 Å². The topological polar surface area (TPSA) is 68.6 Å². The van der Waals surface area contributed by atoms with Crippen LogP contribution in [0.25, 0.3) is 5.69 Å². The van der Waals surface area contributed by atoms with E-state index in [1.807, 2.05) is 86.8 Å². The summed E-state index contributed by atoms with van der Waals surface area (Å²) in [5, 5.41) is 4.10. The second-order valence-corrected chi connectivity index (χ2v) is 9.39. The first-order valence-electron chi connectivity index (χ1n) is 12.1. The zero-order chi connectivity index (χ0) is 25.9. The monoisotopic (exact) mass is 512 g/mol. The summed E-state index contributed by atoms with van der Waals surface area (Å²) in [7, 11) is 1.38. The van der Waals surface area contributed by atoms with E-state index in [9.17, 15) is 4.79 Å². The summed E-state index contributed by atoms with van der Waals surface area (Å²) in [6.07, 6.45) is 3.86. The average Bonchev–Trinajstić information content (AvgIpc) is 3.53.